The molecule has 4 aromatic rings. The highest BCUT2D eigenvalue weighted by atomic mass is 32.2. The fourth-order valence-corrected chi connectivity index (χ4v) is 4.57. The number of para-hydroxylation sites is 2. The SMILES string of the molecule is Cc1cc2ccccc2n2c(SCC(=O)N3CCc4ccccc43)nnc12. The summed E-state index contributed by atoms with van der Waals surface area (Å²) in [6.45, 7) is 2.79. The maximum Gasteiger partial charge on any atom is 0.237 e. The van der Waals surface area contributed by atoms with Crippen molar-refractivity contribution in [2.75, 3.05) is 17.2 Å². The van der Waals surface area contributed by atoms with Crippen LogP contribution in [0.4, 0.5) is 5.69 Å². The van der Waals surface area contributed by atoms with E-state index in [2.05, 4.69) is 38.9 Å². The lowest BCUT2D eigenvalue weighted by Crippen LogP contribution is -2.30. The number of rotatable bonds is 3. The fraction of sp³-hybridized carbons (Fsp3) is 0.190. The Morgan fingerprint density at radius 1 is 1.11 bits per heavy atom. The van der Waals surface area contributed by atoms with Crippen LogP contribution >= 0.6 is 11.8 Å². The van der Waals surface area contributed by atoms with Gasteiger partial charge in [-0.2, -0.15) is 0 Å². The molecule has 1 amide bonds. The molecule has 0 spiro atoms. The fourth-order valence-electron chi connectivity index (χ4n) is 3.75. The van der Waals surface area contributed by atoms with Crippen molar-refractivity contribution in [1.82, 2.24) is 14.6 Å². The molecule has 3 heterocycles. The van der Waals surface area contributed by atoms with Crippen LogP contribution in [0.1, 0.15) is 11.1 Å². The van der Waals surface area contributed by atoms with Gasteiger partial charge < -0.3 is 4.90 Å². The van der Waals surface area contributed by atoms with Crippen LogP contribution in [0, 0.1) is 6.92 Å². The molecule has 5 nitrogen and oxygen atoms in total. The molecule has 0 bridgehead atoms. The lowest BCUT2D eigenvalue weighted by atomic mass is 10.1. The molecule has 2 aromatic heterocycles. The molecule has 0 aliphatic carbocycles. The van der Waals surface area contributed by atoms with E-state index in [0.29, 0.717) is 5.75 Å². The molecular formula is C21H18N4OS. The third kappa shape index (κ3) is 2.68. The predicted octanol–water partition coefficient (Wildman–Crippen LogP) is 3.87. The number of hydrogen-bond acceptors (Lipinski definition) is 4. The van der Waals surface area contributed by atoms with Gasteiger partial charge in [0.25, 0.3) is 0 Å². The Balaban J connectivity index is 1.45. The number of anilines is 1. The molecule has 0 unspecified atom stereocenters. The van der Waals surface area contributed by atoms with Crippen LogP contribution in [-0.2, 0) is 11.2 Å². The zero-order valence-corrected chi connectivity index (χ0v) is 15.7. The Labute approximate surface area is 161 Å². The quantitative estimate of drug-likeness (QED) is 0.511. The molecular weight excluding hydrogens is 356 g/mol. The number of hydrogen-bond donors (Lipinski definition) is 0. The summed E-state index contributed by atoms with van der Waals surface area (Å²) in [5, 5.41) is 10.6. The third-order valence-electron chi connectivity index (χ3n) is 5.05. The first-order valence-corrected chi connectivity index (χ1v) is 9.95. The van der Waals surface area contributed by atoms with Gasteiger partial charge >= 0.3 is 0 Å². The van der Waals surface area contributed by atoms with Gasteiger partial charge in [0.2, 0.25) is 5.91 Å². The number of aryl methyl sites for hydroxylation is 1. The molecule has 0 radical (unpaired) electrons. The van der Waals surface area contributed by atoms with Crippen molar-refractivity contribution in [3.63, 3.8) is 0 Å². The van der Waals surface area contributed by atoms with Gasteiger partial charge in [0, 0.05) is 12.2 Å². The van der Waals surface area contributed by atoms with E-state index in [9.17, 15) is 4.79 Å². The second-order valence-electron chi connectivity index (χ2n) is 6.74. The molecule has 1 aliphatic heterocycles. The minimum absolute atomic E-state index is 0.110. The summed E-state index contributed by atoms with van der Waals surface area (Å²) >= 11 is 1.45. The largest absolute Gasteiger partial charge is 0.311 e. The van der Waals surface area contributed by atoms with Crippen LogP contribution in [0.15, 0.2) is 59.8 Å². The Morgan fingerprint density at radius 2 is 1.93 bits per heavy atom. The number of nitrogens with zero attached hydrogens (tertiary/aromatic N) is 4. The lowest BCUT2D eigenvalue weighted by molar-refractivity contribution is -0.116. The average molecular weight is 374 g/mol. The van der Waals surface area contributed by atoms with Crippen LogP contribution in [-0.4, -0.2) is 32.8 Å². The van der Waals surface area contributed by atoms with Crippen molar-refractivity contribution in [1.29, 1.82) is 0 Å². The smallest absolute Gasteiger partial charge is 0.237 e. The predicted molar refractivity (Wildman–Crippen MR) is 108 cm³/mol. The van der Waals surface area contributed by atoms with Gasteiger partial charge in [-0.1, -0.05) is 48.2 Å². The van der Waals surface area contributed by atoms with Crippen molar-refractivity contribution < 1.29 is 4.79 Å². The summed E-state index contributed by atoms with van der Waals surface area (Å²) in [7, 11) is 0. The van der Waals surface area contributed by atoms with Crippen LogP contribution in [0.2, 0.25) is 0 Å². The molecule has 0 saturated heterocycles. The standard InChI is InChI=1S/C21H18N4OS/c1-14-12-16-7-3-5-9-18(16)25-20(14)22-23-21(25)27-13-19(26)24-11-10-15-6-2-4-8-17(15)24/h2-9,12H,10-11,13H2,1H3. The first-order valence-electron chi connectivity index (χ1n) is 8.97. The monoisotopic (exact) mass is 374 g/mol. The van der Waals surface area contributed by atoms with E-state index in [1.165, 1.54) is 17.3 Å². The van der Waals surface area contributed by atoms with Crippen LogP contribution in [0.3, 0.4) is 0 Å². The van der Waals surface area contributed by atoms with Crippen LogP contribution < -0.4 is 4.90 Å². The molecule has 2 aromatic carbocycles. The van der Waals surface area contributed by atoms with E-state index in [4.69, 9.17) is 0 Å². The summed E-state index contributed by atoms with van der Waals surface area (Å²) in [5.74, 6) is 0.455. The molecule has 6 heteroatoms. The number of fused-ring (bicyclic) bond motifs is 4. The summed E-state index contributed by atoms with van der Waals surface area (Å²) in [5.41, 5.74) is 5.26. The van der Waals surface area contributed by atoms with Gasteiger partial charge in [-0.05, 0) is 48.1 Å². The van der Waals surface area contributed by atoms with Gasteiger partial charge in [0.1, 0.15) is 0 Å². The van der Waals surface area contributed by atoms with Crippen molar-refractivity contribution in [3.05, 3.63) is 65.7 Å². The molecule has 0 saturated carbocycles. The summed E-state index contributed by atoms with van der Waals surface area (Å²) in [6, 6.07) is 18.4. The number of amides is 1. The third-order valence-corrected chi connectivity index (χ3v) is 5.96. The van der Waals surface area contributed by atoms with Gasteiger partial charge in [0.15, 0.2) is 10.8 Å². The zero-order chi connectivity index (χ0) is 18.4. The molecule has 27 heavy (non-hydrogen) atoms. The molecule has 5 rings (SSSR count). The zero-order valence-electron chi connectivity index (χ0n) is 14.9. The number of carbonyl (C=O) groups excluding carboxylic acids is 1. The Hall–Kier alpha value is -2.86. The van der Waals surface area contributed by atoms with Gasteiger partial charge in [-0.3, -0.25) is 9.20 Å². The minimum Gasteiger partial charge on any atom is -0.311 e. The highest BCUT2D eigenvalue weighted by Crippen LogP contribution is 2.30. The summed E-state index contributed by atoms with van der Waals surface area (Å²) in [6.07, 6.45) is 0.921. The van der Waals surface area contributed by atoms with Crippen molar-refractivity contribution in [2.24, 2.45) is 0 Å². The topological polar surface area (TPSA) is 50.5 Å². The van der Waals surface area contributed by atoms with Crippen molar-refractivity contribution in [2.45, 2.75) is 18.5 Å². The number of benzene rings is 2. The normalized spacial score (nSPS) is 13.4. The van der Waals surface area contributed by atoms with Gasteiger partial charge in [0.05, 0.1) is 11.3 Å². The van der Waals surface area contributed by atoms with E-state index in [-0.39, 0.29) is 5.91 Å². The Kier molecular flexibility index (Phi) is 3.86. The van der Waals surface area contributed by atoms with Gasteiger partial charge in [-0.15, -0.1) is 10.2 Å². The van der Waals surface area contributed by atoms with E-state index in [1.54, 1.807) is 0 Å². The highest BCUT2D eigenvalue weighted by molar-refractivity contribution is 7.99. The second-order valence-corrected chi connectivity index (χ2v) is 7.68. The summed E-state index contributed by atoms with van der Waals surface area (Å²) in [4.78, 5) is 14.7. The summed E-state index contributed by atoms with van der Waals surface area (Å²) < 4.78 is 2.06. The van der Waals surface area contributed by atoms with E-state index >= 15 is 0 Å². The van der Waals surface area contributed by atoms with Crippen molar-refractivity contribution in [3.8, 4) is 0 Å². The first-order chi connectivity index (χ1) is 13.2. The van der Waals surface area contributed by atoms with Crippen LogP contribution in [0.25, 0.3) is 16.6 Å². The molecule has 0 atom stereocenters. The van der Waals surface area contributed by atoms with Gasteiger partial charge in [-0.25, -0.2) is 0 Å². The van der Waals surface area contributed by atoms with E-state index in [0.717, 1.165) is 45.9 Å². The first kappa shape index (κ1) is 16.3. The number of carbonyl (C=O) groups is 1. The Bertz CT molecular complexity index is 1180. The maximum atomic E-state index is 12.8. The second kappa shape index (κ2) is 6.39. The maximum absolute atomic E-state index is 12.8. The number of pyridine rings is 1. The van der Waals surface area contributed by atoms with Crippen LogP contribution in [0.5, 0.6) is 0 Å². The minimum atomic E-state index is 0.110. The molecule has 1 aliphatic rings. The Morgan fingerprint density at radius 3 is 2.85 bits per heavy atom. The van der Waals surface area contributed by atoms with E-state index in [1.807, 2.05) is 42.2 Å². The average Bonchev–Trinajstić information content (AvgIpc) is 3.31. The highest BCUT2D eigenvalue weighted by Gasteiger charge is 2.24. The molecule has 0 N–H and O–H groups in total. The van der Waals surface area contributed by atoms with E-state index < -0.39 is 0 Å². The van der Waals surface area contributed by atoms with Crippen molar-refractivity contribution >= 4 is 39.9 Å². The number of thioether (sulfide) groups is 1. The number of aromatic nitrogens is 3. The molecule has 0 fully saturated rings. The molecule has 134 valence electrons. The lowest BCUT2D eigenvalue weighted by Gasteiger charge is -2.16.